The van der Waals surface area contributed by atoms with Crippen LogP contribution in [0.25, 0.3) is 10.9 Å². The molecule has 4 unspecified atom stereocenters. The number of thiazole rings is 2. The van der Waals surface area contributed by atoms with Gasteiger partial charge < -0.3 is 52.9 Å². The summed E-state index contributed by atoms with van der Waals surface area (Å²) in [6.45, 7) is 12.4. The Morgan fingerprint density at radius 1 is 0.496 bits per heavy atom. The summed E-state index contributed by atoms with van der Waals surface area (Å²) in [6.07, 6.45) is 9.23. The highest BCUT2D eigenvalue weighted by molar-refractivity contribution is 7.93. The van der Waals surface area contributed by atoms with Gasteiger partial charge in [0.05, 0.1) is 37.2 Å². The third kappa shape index (κ3) is 23.9. The molecule has 4 atom stereocenters. The van der Waals surface area contributed by atoms with E-state index in [0.717, 1.165) is 16.9 Å². The molecule has 9 heterocycles. The number of aromatic nitrogens is 7. The number of benzene rings is 8. The van der Waals surface area contributed by atoms with E-state index in [9.17, 15) is 62.0 Å². The lowest BCUT2D eigenvalue weighted by molar-refractivity contribution is -0.138. The van der Waals surface area contributed by atoms with E-state index < -0.39 is 64.4 Å². The maximum Gasteiger partial charge on any atom is 0.268 e. The van der Waals surface area contributed by atoms with Crippen LogP contribution in [0.5, 0.6) is 23.0 Å². The highest BCUT2D eigenvalue weighted by Crippen LogP contribution is 2.36. The molecule has 0 saturated carbocycles. The van der Waals surface area contributed by atoms with Gasteiger partial charge in [0.25, 0.3) is 57.8 Å². The molecule has 43 heteroatoms. The van der Waals surface area contributed by atoms with Gasteiger partial charge in [-0.2, -0.15) is 0 Å². The summed E-state index contributed by atoms with van der Waals surface area (Å²) in [4.78, 5) is 97.8. The monoisotopic (exact) mass is 1970 g/mol. The molecule has 34 nitrogen and oxygen atoms in total. The van der Waals surface area contributed by atoms with Crippen LogP contribution in [0.4, 0.5) is 49.0 Å². The fourth-order valence-corrected chi connectivity index (χ4v) is 20.6. The number of ether oxygens (including phenoxy) is 4. The second-order valence-electron chi connectivity index (χ2n) is 30.3. The van der Waals surface area contributed by atoms with E-state index in [4.69, 9.17) is 42.1 Å². The Morgan fingerprint density at radius 3 is 1.42 bits per heavy atom. The molecule has 4 N–H and O–H groups in total. The normalized spacial score (nSPS) is 15.7. The number of fused-ring (bicyclic) bond motifs is 1. The van der Waals surface area contributed by atoms with E-state index in [0.29, 0.717) is 144 Å². The maximum atomic E-state index is 14.1. The molecule has 17 rings (SSSR count). The van der Waals surface area contributed by atoms with Gasteiger partial charge in [-0.1, -0.05) is 47.5 Å². The van der Waals surface area contributed by atoms with Gasteiger partial charge in [-0.15, -0.1) is 22.7 Å². The number of anilines is 8. The first kappa shape index (κ1) is 95.7. The zero-order chi connectivity index (χ0) is 94.3. The Kier molecular flexibility index (Phi) is 30.5. The van der Waals surface area contributed by atoms with Crippen molar-refractivity contribution in [2.45, 2.75) is 84.5 Å². The predicted molar refractivity (Wildman–Crippen MR) is 513 cm³/mol. The Morgan fingerprint density at radius 2 is 0.962 bits per heavy atom. The van der Waals surface area contributed by atoms with Crippen LogP contribution in [0, 0.1) is 12.7 Å². The van der Waals surface area contributed by atoms with Crippen molar-refractivity contribution in [2.24, 2.45) is 0 Å². The molecule has 0 spiro atoms. The topological polar surface area (TPSA) is 409 Å². The van der Waals surface area contributed by atoms with Crippen LogP contribution in [0.15, 0.2) is 268 Å². The van der Waals surface area contributed by atoms with Gasteiger partial charge in [0.15, 0.2) is 45.9 Å². The van der Waals surface area contributed by atoms with Crippen molar-refractivity contribution in [3.8, 4) is 23.0 Å². The number of hydrogen-bond donors (Lipinski definition) is 4. The SMILES string of the molecule is CC(=O)c1cccc(OC2CCN(c3ccc(S(=O)(=O)Nc4nccs4)cc3)C2=O)c1.CC(C(=O)N1CCN(c2ccc(S(=O)(=O)Nc3ccncn3)cc2)CC1)n1ccc2c(F)cccc21.CC(Oc1ccc(Cl)cc1Cl)C(=O)N1CCN(c2ccc(S(=O)(=O)Nc3ccncn3)cc2)CC1.COc1cc(C)ccc1OC1CCN(c2ccc(S(=O)(=O)Nc3nccs3)cc2)C1=O.[HH].[HH].[HH].[HH]. The van der Waals surface area contributed by atoms with E-state index in [1.165, 1.54) is 110 Å². The summed E-state index contributed by atoms with van der Waals surface area (Å²) < 4.78 is 149. The number of ketones is 1. The minimum atomic E-state index is -3.77. The molecule has 13 aromatic rings. The van der Waals surface area contributed by atoms with Crippen molar-refractivity contribution in [1.29, 1.82) is 0 Å². The highest BCUT2D eigenvalue weighted by atomic mass is 35.5. The quantitative estimate of drug-likeness (QED) is 0.0347. The number of aryl methyl sites for hydroxylation is 1. The second kappa shape index (κ2) is 42.4. The largest absolute Gasteiger partial charge is 0.493 e. The summed E-state index contributed by atoms with van der Waals surface area (Å²) in [6, 6.07) is 51.6. The smallest absolute Gasteiger partial charge is 0.268 e. The summed E-state index contributed by atoms with van der Waals surface area (Å²) >= 11 is 14.4. The molecule has 0 aliphatic carbocycles. The van der Waals surface area contributed by atoms with Crippen LogP contribution < -0.4 is 57.4 Å². The van der Waals surface area contributed by atoms with E-state index in [2.05, 4.69) is 58.6 Å². The van der Waals surface area contributed by atoms with Gasteiger partial charge in [0, 0.05) is 164 Å². The van der Waals surface area contributed by atoms with Gasteiger partial charge in [0.2, 0.25) is 5.91 Å². The summed E-state index contributed by atoms with van der Waals surface area (Å²) in [5.74, 6) is 1.42. The average molecular weight is 1970 g/mol. The first-order valence-corrected chi connectivity index (χ1v) is 49.7. The molecular weight excluding hydrogens is 1870 g/mol. The van der Waals surface area contributed by atoms with Crippen LogP contribution in [0.3, 0.4) is 0 Å². The Labute approximate surface area is 790 Å². The third-order valence-electron chi connectivity index (χ3n) is 21.5. The lowest BCUT2D eigenvalue weighted by atomic mass is 10.1. The van der Waals surface area contributed by atoms with Gasteiger partial charge in [-0.25, -0.2) is 68.0 Å². The number of nitrogens with zero attached hydrogens (tertiary/aromatic N) is 13. The zero-order valence-electron chi connectivity index (χ0n) is 71.8. The van der Waals surface area contributed by atoms with Crippen molar-refractivity contribution < 1.29 is 86.7 Å². The minimum absolute atomic E-state index is 0. The predicted octanol–water partition coefficient (Wildman–Crippen LogP) is 14.7. The van der Waals surface area contributed by atoms with E-state index in [1.807, 2.05) is 41.5 Å². The number of methoxy groups -OCH3 is 1. The number of carbonyl (C=O) groups is 5. The summed E-state index contributed by atoms with van der Waals surface area (Å²) in [7, 11) is -13.5. The molecule has 8 aromatic carbocycles. The summed E-state index contributed by atoms with van der Waals surface area (Å²) in [5, 5.41) is 5.28. The van der Waals surface area contributed by atoms with Crippen LogP contribution >= 0.6 is 45.9 Å². The van der Waals surface area contributed by atoms with E-state index in [1.54, 1.807) is 179 Å². The number of piperazine rings is 2. The number of rotatable bonds is 27. The molecular formula is C90H96Cl2FN17O17S6. The average Bonchev–Trinajstić information content (AvgIpc) is 1.53. The molecule has 700 valence electrons. The van der Waals surface area contributed by atoms with Crippen molar-refractivity contribution in [1.82, 2.24) is 44.3 Å². The van der Waals surface area contributed by atoms with Crippen molar-refractivity contribution >= 4 is 171 Å². The van der Waals surface area contributed by atoms with E-state index in [-0.39, 0.29) is 77.3 Å². The number of sulfonamides is 4. The van der Waals surface area contributed by atoms with Gasteiger partial charge in [-0.05, 0) is 203 Å². The number of amides is 4. The fraction of sp³-hybridized carbons (Fsp3) is 0.233. The first-order valence-electron chi connectivity index (χ1n) is 41.3. The van der Waals surface area contributed by atoms with Crippen LogP contribution in [-0.2, 0) is 59.3 Å². The molecule has 0 bridgehead atoms. The fourth-order valence-electron chi connectivity index (χ4n) is 14.6. The van der Waals surface area contributed by atoms with Gasteiger partial charge in [-0.3, -0.25) is 42.9 Å². The molecule has 4 aliphatic heterocycles. The molecule has 4 saturated heterocycles. The number of halogens is 3. The highest BCUT2D eigenvalue weighted by Gasteiger charge is 2.38. The summed E-state index contributed by atoms with van der Waals surface area (Å²) in [5.41, 5.74) is 5.19. The Hall–Kier alpha value is -13.4. The standard InChI is InChI=1S/C25H25FN6O3S.C23H23Cl2N5O4S.C21H21N3O5S2.C21H19N3O5S2.4H2/c1-18(32-12-10-21-22(26)3-2-4-23(21)32)25(33)31-15-13-30(14-16-31)19-5-7-20(8-6-19)36(34,35)29-24-9-11-27-17-28-24;1-16(34-21-7-2-17(24)14-20(21)25)23(31)30-12-10-29(11-13-30)18-3-5-19(6-4-18)35(32,33)28-22-8-9-26-15-27-22;1-14-3-8-17(19(13-14)28-2)29-18-9-11-24(20(18)25)15-4-6-16(7-5-15)31(26,27)23-21-22-10-12-30-21;1-14(25)15-3-2-4-17(13-15)29-19-9-11-24(20(19)26)16-5-7-18(8-6-16)31(27,28)23-21-22-10-12-30-21;;;;/h2-12,17-18H,13-16H2,1H3,(H,27,28,29);2-9,14-16H,10-13H2,1H3,(H,26,27,28);3-8,10,12-13,18H,9,11H2,1-2H3,(H,22,23);2-8,10,12-13,19H,9,11H2,1H3,(H,22,23);4*1H. The van der Waals surface area contributed by atoms with Crippen LogP contribution in [-0.4, -0.2) is 198 Å². The zero-order valence-corrected chi connectivity index (χ0v) is 78.2. The number of carbonyl (C=O) groups excluding carboxylic acids is 5. The lowest BCUT2D eigenvalue weighted by Crippen LogP contribution is -2.52. The van der Waals surface area contributed by atoms with Crippen LogP contribution in [0.2, 0.25) is 10.0 Å². The first-order chi connectivity index (χ1) is 63.8. The molecule has 5 aromatic heterocycles. The molecule has 4 amide bonds. The minimum Gasteiger partial charge on any atom is -0.493 e. The van der Waals surface area contributed by atoms with Crippen molar-refractivity contribution in [3.05, 3.63) is 276 Å². The Bertz CT molecular complexity index is 6810. The number of hydrogen-bond acceptors (Lipinski definition) is 27. The van der Waals surface area contributed by atoms with Crippen molar-refractivity contribution in [3.63, 3.8) is 0 Å². The number of Topliss-reactive ketones (excluding diaryl/α,β-unsaturated/α-hetero) is 1. The van der Waals surface area contributed by atoms with Gasteiger partial charge in [0.1, 0.15) is 47.6 Å². The molecule has 0 radical (unpaired) electrons. The number of nitrogens with one attached hydrogen (secondary N) is 4. The van der Waals surface area contributed by atoms with Gasteiger partial charge >= 0.3 is 0 Å². The second-order valence-corrected chi connectivity index (χ2v) is 39.7. The molecule has 4 fully saturated rings. The van der Waals surface area contributed by atoms with Crippen LogP contribution in [0.1, 0.15) is 61.3 Å². The lowest BCUT2D eigenvalue weighted by Gasteiger charge is -2.37. The maximum absolute atomic E-state index is 14.1. The van der Waals surface area contributed by atoms with Crippen molar-refractivity contribution in [2.75, 3.05) is 111 Å². The van der Waals surface area contributed by atoms with E-state index >= 15 is 0 Å². The molecule has 4 aliphatic rings. The molecule has 133 heavy (non-hydrogen) atoms. The third-order valence-corrected chi connectivity index (χ3v) is 29.1. The Balaban J connectivity index is 0.000000187.